The van der Waals surface area contributed by atoms with E-state index in [-0.39, 0.29) is 36.4 Å². The van der Waals surface area contributed by atoms with Gasteiger partial charge in [-0.25, -0.2) is 4.99 Å². The second-order valence-corrected chi connectivity index (χ2v) is 6.08. The van der Waals surface area contributed by atoms with Crippen LogP contribution >= 0.6 is 24.0 Å². The highest BCUT2D eigenvalue weighted by Crippen LogP contribution is 2.19. The van der Waals surface area contributed by atoms with Crippen molar-refractivity contribution in [3.63, 3.8) is 0 Å². The average Bonchev–Trinajstić information content (AvgIpc) is 3.19. The molecule has 0 saturated heterocycles. The molecule has 0 aliphatic rings. The molecule has 0 spiro atoms. The molecule has 1 unspecified atom stereocenters. The number of guanidine groups is 1. The number of halogens is 1. The largest absolute Gasteiger partial charge is 0.466 e. The van der Waals surface area contributed by atoms with Gasteiger partial charge in [-0.2, -0.15) is 0 Å². The molecular weight excluding hydrogens is 459 g/mol. The van der Waals surface area contributed by atoms with Crippen LogP contribution in [0.1, 0.15) is 35.5 Å². The maximum atomic E-state index is 11.6. The Bertz CT molecular complexity index is 728. The van der Waals surface area contributed by atoms with Crippen LogP contribution in [-0.4, -0.2) is 37.1 Å². The zero-order valence-corrected chi connectivity index (χ0v) is 18.1. The lowest BCUT2D eigenvalue weighted by atomic mass is 10.0. The number of nitrogens with zero attached hydrogens (tertiary/aromatic N) is 1. The van der Waals surface area contributed by atoms with Crippen molar-refractivity contribution in [1.29, 1.82) is 0 Å². The molecule has 0 fully saturated rings. The number of hydrogen-bond acceptors (Lipinski definition) is 4. The Labute approximate surface area is 176 Å². The van der Waals surface area contributed by atoms with Gasteiger partial charge >= 0.3 is 0 Å². The summed E-state index contributed by atoms with van der Waals surface area (Å²) in [6.07, 6.45) is 1.53. The second kappa shape index (κ2) is 10.9. The fourth-order valence-electron chi connectivity index (χ4n) is 2.35. The summed E-state index contributed by atoms with van der Waals surface area (Å²) in [6, 6.07) is 10.8. The highest BCUT2D eigenvalue weighted by atomic mass is 127. The van der Waals surface area contributed by atoms with Gasteiger partial charge in [0.1, 0.15) is 11.4 Å². The van der Waals surface area contributed by atoms with Crippen molar-refractivity contribution in [1.82, 2.24) is 16.0 Å². The highest BCUT2D eigenvalue weighted by Gasteiger charge is 2.26. The molecule has 2 rings (SSSR count). The average molecular weight is 486 g/mol. The van der Waals surface area contributed by atoms with Crippen molar-refractivity contribution in [2.45, 2.75) is 26.0 Å². The molecular formula is C19H27IN4O3. The normalized spacial score (nSPS) is 13.3. The summed E-state index contributed by atoms with van der Waals surface area (Å²) in [4.78, 5) is 16.1. The van der Waals surface area contributed by atoms with E-state index in [9.17, 15) is 9.90 Å². The molecule has 1 amide bonds. The Morgan fingerprint density at radius 3 is 2.48 bits per heavy atom. The predicted molar refractivity (Wildman–Crippen MR) is 116 cm³/mol. The van der Waals surface area contributed by atoms with Gasteiger partial charge in [0.25, 0.3) is 5.91 Å². The van der Waals surface area contributed by atoms with E-state index in [1.165, 1.54) is 6.26 Å². The lowest BCUT2D eigenvalue weighted by Gasteiger charge is -2.22. The van der Waals surface area contributed by atoms with Crippen LogP contribution in [0.15, 0.2) is 52.1 Å². The summed E-state index contributed by atoms with van der Waals surface area (Å²) in [5.41, 5.74) is 0.446. The lowest BCUT2D eigenvalue weighted by molar-refractivity contribution is 0.0386. The lowest BCUT2D eigenvalue weighted by Crippen LogP contribution is -2.44. The molecule has 1 heterocycles. The van der Waals surface area contributed by atoms with Gasteiger partial charge in [-0.05, 0) is 43.7 Å². The molecule has 27 heavy (non-hydrogen) atoms. The molecule has 1 aromatic carbocycles. The first kappa shape index (κ1) is 23.0. The van der Waals surface area contributed by atoms with Crippen LogP contribution in [0.3, 0.4) is 0 Å². The van der Waals surface area contributed by atoms with Crippen molar-refractivity contribution in [2.24, 2.45) is 4.99 Å². The third-order valence-electron chi connectivity index (χ3n) is 3.86. The molecule has 0 aliphatic heterocycles. The number of hydrogen-bond donors (Lipinski definition) is 4. The van der Waals surface area contributed by atoms with Crippen LogP contribution < -0.4 is 16.0 Å². The van der Waals surface area contributed by atoms with Crippen molar-refractivity contribution >= 4 is 35.8 Å². The van der Waals surface area contributed by atoms with Crippen molar-refractivity contribution in [2.75, 3.05) is 20.1 Å². The number of benzene rings is 1. The fraction of sp³-hybridized carbons (Fsp3) is 0.368. The van der Waals surface area contributed by atoms with Gasteiger partial charge in [0.05, 0.1) is 19.4 Å². The van der Waals surface area contributed by atoms with E-state index in [0.29, 0.717) is 30.4 Å². The summed E-state index contributed by atoms with van der Waals surface area (Å²) < 4.78 is 5.28. The summed E-state index contributed by atoms with van der Waals surface area (Å²) in [7, 11) is 1.60. The van der Waals surface area contributed by atoms with Gasteiger partial charge in [-0.15, -0.1) is 24.0 Å². The molecule has 0 saturated carbocycles. The molecule has 0 radical (unpaired) electrons. The number of rotatable bonds is 7. The SMILES string of the molecule is CCNC(=NCc1ccc(C(=O)NC)cc1)NCC(C)(O)c1ccco1.I. The van der Waals surface area contributed by atoms with Crippen molar-refractivity contribution < 1.29 is 14.3 Å². The zero-order chi connectivity index (χ0) is 19.0. The summed E-state index contributed by atoms with van der Waals surface area (Å²) >= 11 is 0. The van der Waals surface area contributed by atoms with E-state index in [1.54, 1.807) is 38.2 Å². The Balaban J connectivity index is 0.00000364. The molecule has 4 N–H and O–H groups in total. The van der Waals surface area contributed by atoms with Crippen LogP contribution in [0.2, 0.25) is 0 Å². The Hall–Kier alpha value is -2.07. The van der Waals surface area contributed by atoms with Gasteiger partial charge in [-0.1, -0.05) is 12.1 Å². The van der Waals surface area contributed by atoms with Gasteiger partial charge in [0.2, 0.25) is 0 Å². The Kier molecular flexibility index (Phi) is 9.30. The third kappa shape index (κ3) is 6.87. The Morgan fingerprint density at radius 2 is 1.93 bits per heavy atom. The second-order valence-electron chi connectivity index (χ2n) is 6.08. The first-order valence-corrected chi connectivity index (χ1v) is 8.56. The fourth-order valence-corrected chi connectivity index (χ4v) is 2.35. The molecule has 1 aromatic heterocycles. The topological polar surface area (TPSA) is 98.9 Å². The summed E-state index contributed by atoms with van der Waals surface area (Å²) in [5.74, 6) is 0.968. The monoisotopic (exact) mass is 486 g/mol. The maximum absolute atomic E-state index is 11.6. The van der Waals surface area contributed by atoms with E-state index >= 15 is 0 Å². The first-order chi connectivity index (χ1) is 12.5. The van der Waals surface area contributed by atoms with Crippen LogP contribution in [0.5, 0.6) is 0 Å². The van der Waals surface area contributed by atoms with Crippen molar-refractivity contribution in [3.05, 3.63) is 59.5 Å². The minimum absolute atomic E-state index is 0. The molecule has 2 aromatic rings. The minimum Gasteiger partial charge on any atom is -0.466 e. The summed E-state index contributed by atoms with van der Waals surface area (Å²) in [5, 5.41) is 19.4. The van der Waals surface area contributed by atoms with Gasteiger partial charge in [0.15, 0.2) is 5.96 Å². The summed E-state index contributed by atoms with van der Waals surface area (Å²) in [6.45, 7) is 5.05. The number of nitrogens with one attached hydrogen (secondary N) is 3. The number of aliphatic imine (C=N–C) groups is 1. The Morgan fingerprint density at radius 1 is 1.22 bits per heavy atom. The third-order valence-corrected chi connectivity index (χ3v) is 3.86. The number of furan rings is 1. The van der Waals surface area contributed by atoms with Crippen LogP contribution in [0, 0.1) is 0 Å². The van der Waals surface area contributed by atoms with Gasteiger partial charge in [-0.3, -0.25) is 4.79 Å². The predicted octanol–water partition coefficient (Wildman–Crippen LogP) is 2.22. The van der Waals surface area contributed by atoms with Crippen LogP contribution in [0.25, 0.3) is 0 Å². The maximum Gasteiger partial charge on any atom is 0.251 e. The number of amides is 1. The van der Waals surface area contributed by atoms with E-state index in [1.807, 2.05) is 19.1 Å². The van der Waals surface area contributed by atoms with Crippen LogP contribution in [-0.2, 0) is 12.1 Å². The quantitative estimate of drug-likeness (QED) is 0.273. The molecule has 0 bridgehead atoms. The molecule has 7 nitrogen and oxygen atoms in total. The number of carbonyl (C=O) groups is 1. The van der Waals surface area contributed by atoms with Crippen LogP contribution in [0.4, 0.5) is 0 Å². The minimum atomic E-state index is -1.14. The van der Waals surface area contributed by atoms with E-state index in [2.05, 4.69) is 20.9 Å². The smallest absolute Gasteiger partial charge is 0.251 e. The van der Waals surface area contributed by atoms with E-state index in [4.69, 9.17) is 4.42 Å². The van der Waals surface area contributed by atoms with Gasteiger partial charge in [0, 0.05) is 19.2 Å². The molecule has 0 aliphatic carbocycles. The first-order valence-electron chi connectivity index (χ1n) is 8.56. The van der Waals surface area contributed by atoms with E-state index < -0.39 is 5.60 Å². The van der Waals surface area contributed by atoms with Crippen molar-refractivity contribution in [3.8, 4) is 0 Å². The highest BCUT2D eigenvalue weighted by molar-refractivity contribution is 14.0. The van der Waals surface area contributed by atoms with E-state index in [0.717, 1.165) is 5.56 Å². The number of carbonyl (C=O) groups excluding carboxylic acids is 1. The zero-order valence-electron chi connectivity index (χ0n) is 15.8. The molecule has 1 atom stereocenters. The molecule has 8 heteroatoms. The molecule has 148 valence electrons. The standard InChI is InChI=1S/C19H26N4O3.HI/c1-4-21-18(23-13-19(2,25)16-6-5-11-26-16)22-12-14-7-9-15(10-8-14)17(24)20-3;/h5-11,25H,4,12-13H2,1-3H3,(H,20,24)(H2,21,22,23);1H. The van der Waals surface area contributed by atoms with Gasteiger partial charge < -0.3 is 25.5 Å². The number of aliphatic hydroxyl groups is 1.